The standard InChI is InChI=1S/C12H21N3O4/c1-7(2)10(14-12(13)19)11(18)15(6-9(16)17)5-8-3-4-8/h7-8,10H,3-6H2,1-2H3,(H,16,17)(H3,13,14,19). The Morgan fingerprint density at radius 1 is 1.37 bits per heavy atom. The molecule has 4 N–H and O–H groups in total. The van der Waals surface area contributed by atoms with Gasteiger partial charge in [-0.3, -0.25) is 9.59 Å². The van der Waals surface area contributed by atoms with E-state index in [1.807, 2.05) is 0 Å². The van der Waals surface area contributed by atoms with Crippen LogP contribution in [0.4, 0.5) is 4.79 Å². The number of rotatable bonds is 7. The molecule has 19 heavy (non-hydrogen) atoms. The van der Waals surface area contributed by atoms with Crippen LogP contribution in [0.1, 0.15) is 26.7 Å². The van der Waals surface area contributed by atoms with Gasteiger partial charge in [0.2, 0.25) is 5.91 Å². The van der Waals surface area contributed by atoms with Gasteiger partial charge in [0.05, 0.1) is 0 Å². The number of carboxylic acids is 1. The lowest BCUT2D eigenvalue weighted by atomic mass is 10.0. The highest BCUT2D eigenvalue weighted by Gasteiger charge is 2.33. The summed E-state index contributed by atoms with van der Waals surface area (Å²) in [5.41, 5.74) is 5.05. The SMILES string of the molecule is CC(C)C(NC(N)=O)C(=O)N(CC(=O)O)CC1CC1. The largest absolute Gasteiger partial charge is 0.480 e. The number of aliphatic carboxylic acids is 1. The van der Waals surface area contributed by atoms with Gasteiger partial charge < -0.3 is 21.1 Å². The highest BCUT2D eigenvalue weighted by atomic mass is 16.4. The Hall–Kier alpha value is -1.79. The van der Waals surface area contributed by atoms with Gasteiger partial charge in [-0.25, -0.2) is 4.79 Å². The van der Waals surface area contributed by atoms with Crippen molar-refractivity contribution in [3.05, 3.63) is 0 Å². The number of primary amides is 1. The van der Waals surface area contributed by atoms with Crippen LogP contribution in [0.25, 0.3) is 0 Å². The van der Waals surface area contributed by atoms with Crippen LogP contribution in [-0.2, 0) is 9.59 Å². The molecular formula is C12H21N3O4. The topological polar surface area (TPSA) is 113 Å². The number of carbonyl (C=O) groups is 3. The van der Waals surface area contributed by atoms with Crippen molar-refractivity contribution in [2.45, 2.75) is 32.7 Å². The molecule has 0 heterocycles. The highest BCUT2D eigenvalue weighted by molar-refractivity contribution is 5.89. The lowest BCUT2D eigenvalue weighted by Crippen LogP contribution is -2.53. The Morgan fingerprint density at radius 2 is 1.95 bits per heavy atom. The van der Waals surface area contributed by atoms with Gasteiger partial charge in [-0.2, -0.15) is 0 Å². The molecule has 0 aromatic heterocycles. The molecule has 108 valence electrons. The van der Waals surface area contributed by atoms with Gasteiger partial charge in [-0.05, 0) is 24.7 Å². The van der Waals surface area contributed by atoms with Crippen LogP contribution in [-0.4, -0.2) is 47.0 Å². The maximum Gasteiger partial charge on any atom is 0.323 e. The van der Waals surface area contributed by atoms with E-state index < -0.39 is 18.0 Å². The second-order valence-corrected chi connectivity index (χ2v) is 5.29. The van der Waals surface area contributed by atoms with Crippen molar-refractivity contribution in [2.75, 3.05) is 13.1 Å². The molecule has 1 aliphatic carbocycles. The zero-order valence-corrected chi connectivity index (χ0v) is 11.3. The lowest BCUT2D eigenvalue weighted by molar-refractivity contribution is -0.145. The number of hydrogen-bond acceptors (Lipinski definition) is 3. The Balaban J connectivity index is 2.74. The molecule has 0 aromatic carbocycles. The minimum absolute atomic E-state index is 0.157. The number of nitrogens with two attached hydrogens (primary N) is 1. The van der Waals surface area contributed by atoms with Crippen molar-refractivity contribution in [1.29, 1.82) is 0 Å². The van der Waals surface area contributed by atoms with E-state index in [2.05, 4.69) is 5.32 Å². The molecule has 1 fully saturated rings. The average Bonchev–Trinajstić information content (AvgIpc) is 3.06. The first-order chi connectivity index (χ1) is 8.81. The average molecular weight is 271 g/mol. The first kappa shape index (κ1) is 15.3. The molecule has 1 saturated carbocycles. The highest BCUT2D eigenvalue weighted by Crippen LogP contribution is 2.30. The summed E-state index contributed by atoms with van der Waals surface area (Å²) in [6, 6.07) is -1.57. The van der Waals surface area contributed by atoms with Gasteiger partial charge in [-0.15, -0.1) is 0 Å². The Labute approximate surface area is 112 Å². The van der Waals surface area contributed by atoms with Crippen LogP contribution in [0.15, 0.2) is 0 Å². The molecule has 3 amide bonds. The third kappa shape index (κ3) is 5.15. The van der Waals surface area contributed by atoms with Crippen molar-refractivity contribution in [2.24, 2.45) is 17.6 Å². The predicted molar refractivity (Wildman–Crippen MR) is 68.3 cm³/mol. The summed E-state index contributed by atoms with van der Waals surface area (Å²) in [7, 11) is 0. The fourth-order valence-corrected chi connectivity index (χ4v) is 1.87. The second kappa shape index (κ2) is 6.40. The van der Waals surface area contributed by atoms with Crippen molar-refractivity contribution in [3.8, 4) is 0 Å². The van der Waals surface area contributed by atoms with E-state index >= 15 is 0 Å². The number of nitrogens with one attached hydrogen (secondary N) is 1. The summed E-state index contributed by atoms with van der Waals surface area (Å²) < 4.78 is 0. The molecule has 1 aliphatic rings. The van der Waals surface area contributed by atoms with E-state index in [1.165, 1.54) is 4.90 Å². The summed E-state index contributed by atoms with van der Waals surface area (Å²) in [6.45, 7) is 3.62. The Morgan fingerprint density at radius 3 is 2.32 bits per heavy atom. The zero-order valence-electron chi connectivity index (χ0n) is 11.3. The zero-order chi connectivity index (χ0) is 14.6. The number of amides is 3. The molecule has 1 atom stereocenters. The monoisotopic (exact) mass is 271 g/mol. The first-order valence-electron chi connectivity index (χ1n) is 6.37. The molecule has 0 aliphatic heterocycles. The number of nitrogens with zero attached hydrogens (tertiary/aromatic N) is 1. The quantitative estimate of drug-likeness (QED) is 0.605. The number of carboxylic acid groups (broad SMARTS) is 1. The van der Waals surface area contributed by atoms with Gasteiger partial charge >= 0.3 is 12.0 Å². The predicted octanol–water partition coefficient (Wildman–Crippen LogP) is 0.00250. The third-order valence-corrected chi connectivity index (χ3v) is 3.04. The van der Waals surface area contributed by atoms with Crippen molar-refractivity contribution >= 4 is 17.9 Å². The van der Waals surface area contributed by atoms with Crippen molar-refractivity contribution < 1.29 is 19.5 Å². The lowest BCUT2D eigenvalue weighted by Gasteiger charge is -2.28. The summed E-state index contributed by atoms with van der Waals surface area (Å²) in [5, 5.41) is 11.2. The summed E-state index contributed by atoms with van der Waals surface area (Å²) >= 11 is 0. The molecular weight excluding hydrogens is 250 g/mol. The summed E-state index contributed by atoms with van der Waals surface area (Å²) in [5.74, 6) is -1.22. The molecule has 0 saturated heterocycles. The van der Waals surface area contributed by atoms with Crippen LogP contribution >= 0.6 is 0 Å². The van der Waals surface area contributed by atoms with Gasteiger partial charge in [0.25, 0.3) is 0 Å². The normalized spacial score (nSPS) is 15.9. The van der Waals surface area contributed by atoms with E-state index in [4.69, 9.17) is 10.8 Å². The number of urea groups is 1. The van der Waals surface area contributed by atoms with E-state index in [0.717, 1.165) is 12.8 Å². The third-order valence-electron chi connectivity index (χ3n) is 3.04. The molecule has 1 rings (SSSR count). The van der Waals surface area contributed by atoms with Crippen LogP contribution in [0.2, 0.25) is 0 Å². The smallest absolute Gasteiger partial charge is 0.323 e. The van der Waals surface area contributed by atoms with Gasteiger partial charge in [0, 0.05) is 6.54 Å². The first-order valence-corrected chi connectivity index (χ1v) is 6.37. The Bertz CT molecular complexity index is 366. The molecule has 0 radical (unpaired) electrons. The molecule has 0 spiro atoms. The summed E-state index contributed by atoms with van der Waals surface area (Å²) in [6.07, 6.45) is 2.03. The molecule has 7 nitrogen and oxygen atoms in total. The number of carbonyl (C=O) groups excluding carboxylic acids is 2. The fraction of sp³-hybridized carbons (Fsp3) is 0.750. The Kier molecular flexibility index (Phi) is 5.14. The summed E-state index contributed by atoms with van der Waals surface area (Å²) in [4.78, 5) is 35.4. The van der Waals surface area contributed by atoms with Gasteiger partial charge in [0.1, 0.15) is 12.6 Å². The van der Waals surface area contributed by atoms with Crippen LogP contribution in [0.5, 0.6) is 0 Å². The van der Waals surface area contributed by atoms with Gasteiger partial charge in [0.15, 0.2) is 0 Å². The maximum absolute atomic E-state index is 12.3. The van der Waals surface area contributed by atoms with Crippen LogP contribution < -0.4 is 11.1 Å². The fourth-order valence-electron chi connectivity index (χ4n) is 1.87. The van der Waals surface area contributed by atoms with E-state index in [-0.39, 0.29) is 18.4 Å². The van der Waals surface area contributed by atoms with E-state index in [0.29, 0.717) is 12.5 Å². The molecule has 7 heteroatoms. The van der Waals surface area contributed by atoms with Crippen LogP contribution in [0.3, 0.4) is 0 Å². The maximum atomic E-state index is 12.3. The second-order valence-electron chi connectivity index (χ2n) is 5.29. The molecule has 1 unspecified atom stereocenters. The number of hydrogen-bond donors (Lipinski definition) is 3. The minimum atomic E-state index is -1.06. The minimum Gasteiger partial charge on any atom is -0.480 e. The van der Waals surface area contributed by atoms with Crippen LogP contribution in [0, 0.1) is 11.8 Å². The molecule has 0 aromatic rings. The van der Waals surface area contributed by atoms with Crippen molar-refractivity contribution in [1.82, 2.24) is 10.2 Å². The van der Waals surface area contributed by atoms with Gasteiger partial charge in [-0.1, -0.05) is 13.8 Å². The van der Waals surface area contributed by atoms with E-state index in [1.54, 1.807) is 13.8 Å². The van der Waals surface area contributed by atoms with E-state index in [9.17, 15) is 14.4 Å². The van der Waals surface area contributed by atoms with Crippen molar-refractivity contribution in [3.63, 3.8) is 0 Å². The molecule has 0 bridgehead atoms.